The number of nitrogens with zero attached hydrogens (tertiary/aromatic N) is 1. The van der Waals surface area contributed by atoms with Crippen LogP contribution in [0.5, 0.6) is 0 Å². The summed E-state index contributed by atoms with van der Waals surface area (Å²) in [7, 11) is 0. The molecule has 2 aromatic carbocycles. The molecule has 1 aromatic heterocycles. The van der Waals surface area contributed by atoms with Gasteiger partial charge in [0.1, 0.15) is 0 Å². The summed E-state index contributed by atoms with van der Waals surface area (Å²) in [6.45, 7) is 2.96. The highest BCUT2D eigenvalue weighted by Gasteiger charge is 2.33. The van der Waals surface area contributed by atoms with Crippen LogP contribution in [0.15, 0.2) is 59.6 Å². The number of amides is 1. The lowest BCUT2D eigenvalue weighted by Gasteiger charge is -2.13. The van der Waals surface area contributed by atoms with E-state index in [2.05, 4.69) is 16.8 Å². The molecule has 1 N–H and O–H groups in total. The number of hydrogen-bond acceptors (Lipinski definition) is 2. The van der Waals surface area contributed by atoms with Crippen molar-refractivity contribution in [2.24, 2.45) is 0 Å². The van der Waals surface area contributed by atoms with E-state index in [-0.39, 0.29) is 11.4 Å². The lowest BCUT2D eigenvalue weighted by molar-refractivity contribution is -0.137. The number of aromatic nitrogens is 1. The van der Waals surface area contributed by atoms with Gasteiger partial charge in [-0.3, -0.25) is 4.79 Å². The summed E-state index contributed by atoms with van der Waals surface area (Å²) >= 11 is 1.32. The minimum absolute atomic E-state index is 0.0341. The highest BCUT2D eigenvalue weighted by Crippen LogP contribution is 2.35. The minimum atomic E-state index is -4.51. The molecule has 0 unspecified atom stereocenters. The Kier molecular flexibility index (Phi) is 5.79. The molecule has 3 aromatic rings. The maximum atomic E-state index is 13.0. The Balaban J connectivity index is 1.73. The number of aryl methyl sites for hydroxylation is 1. The van der Waals surface area contributed by atoms with Gasteiger partial charge in [0, 0.05) is 28.5 Å². The predicted molar refractivity (Wildman–Crippen MR) is 103 cm³/mol. The molecule has 0 aliphatic carbocycles. The zero-order valence-corrected chi connectivity index (χ0v) is 15.5. The lowest BCUT2D eigenvalue weighted by Crippen LogP contribution is -2.18. The van der Waals surface area contributed by atoms with Crippen LogP contribution in [-0.4, -0.2) is 16.2 Å². The second kappa shape index (κ2) is 8.08. The predicted octanol–water partition coefficient (Wildman–Crippen LogP) is 5.80. The Hall–Kier alpha value is -2.41. The van der Waals surface area contributed by atoms with Crippen LogP contribution in [-0.2, 0) is 17.5 Å². The number of thioether (sulfide) groups is 1. The number of nitrogens with one attached hydrogen (secondary N) is 1. The normalized spacial score (nSPS) is 11.7. The molecule has 0 aliphatic heterocycles. The standard InChI is InChI=1S/C20H19F3N2OS/c1-2-11-25-12-18(14-7-3-6-10-17(14)25)27-13-19(26)24-16-9-5-4-8-15(16)20(21,22)23/h3-10,12H,2,11,13H2,1H3,(H,24,26). The van der Waals surface area contributed by atoms with Gasteiger partial charge in [-0.25, -0.2) is 0 Å². The summed E-state index contributed by atoms with van der Waals surface area (Å²) in [5.41, 5.74) is 0.0246. The molecule has 0 bridgehead atoms. The Morgan fingerprint density at radius 1 is 1.11 bits per heavy atom. The number of hydrogen-bond donors (Lipinski definition) is 1. The first kappa shape index (κ1) is 19.4. The molecule has 142 valence electrons. The zero-order valence-electron chi connectivity index (χ0n) is 14.7. The van der Waals surface area contributed by atoms with E-state index in [1.54, 1.807) is 0 Å². The first-order valence-corrected chi connectivity index (χ1v) is 9.55. The number of anilines is 1. The molecular weight excluding hydrogens is 373 g/mol. The molecule has 0 fully saturated rings. The number of para-hydroxylation sites is 2. The third-order valence-electron chi connectivity index (χ3n) is 4.08. The molecule has 3 rings (SSSR count). The average Bonchev–Trinajstić information content (AvgIpc) is 2.98. The Morgan fingerprint density at radius 2 is 1.81 bits per heavy atom. The first-order chi connectivity index (χ1) is 12.9. The van der Waals surface area contributed by atoms with Gasteiger partial charge in [0.2, 0.25) is 5.91 Å². The second-order valence-electron chi connectivity index (χ2n) is 6.08. The minimum Gasteiger partial charge on any atom is -0.346 e. The molecule has 0 radical (unpaired) electrons. The van der Waals surface area contributed by atoms with E-state index in [1.807, 2.05) is 30.5 Å². The van der Waals surface area contributed by atoms with E-state index >= 15 is 0 Å². The summed E-state index contributed by atoms with van der Waals surface area (Å²) < 4.78 is 41.3. The van der Waals surface area contributed by atoms with Crippen molar-refractivity contribution in [1.82, 2.24) is 4.57 Å². The largest absolute Gasteiger partial charge is 0.418 e. The van der Waals surface area contributed by atoms with Crippen LogP contribution in [0.3, 0.4) is 0 Å². The van der Waals surface area contributed by atoms with Crippen molar-refractivity contribution in [1.29, 1.82) is 0 Å². The molecule has 0 saturated carbocycles. The number of fused-ring (bicyclic) bond motifs is 1. The van der Waals surface area contributed by atoms with Gasteiger partial charge >= 0.3 is 6.18 Å². The Morgan fingerprint density at radius 3 is 2.56 bits per heavy atom. The van der Waals surface area contributed by atoms with Crippen LogP contribution in [0.2, 0.25) is 0 Å². The van der Waals surface area contributed by atoms with Crippen molar-refractivity contribution in [2.75, 3.05) is 11.1 Å². The van der Waals surface area contributed by atoms with E-state index in [0.29, 0.717) is 0 Å². The van der Waals surface area contributed by atoms with Crippen molar-refractivity contribution in [3.05, 3.63) is 60.3 Å². The first-order valence-electron chi connectivity index (χ1n) is 8.57. The van der Waals surface area contributed by atoms with Crippen LogP contribution in [0.25, 0.3) is 10.9 Å². The molecule has 0 spiro atoms. The number of carbonyl (C=O) groups excluding carboxylic acids is 1. The Bertz CT molecular complexity index is 950. The lowest BCUT2D eigenvalue weighted by atomic mass is 10.1. The highest BCUT2D eigenvalue weighted by atomic mass is 32.2. The van der Waals surface area contributed by atoms with Gasteiger partial charge < -0.3 is 9.88 Å². The summed E-state index contributed by atoms with van der Waals surface area (Å²) in [5, 5.41) is 3.42. The van der Waals surface area contributed by atoms with Gasteiger partial charge in [0.15, 0.2) is 0 Å². The van der Waals surface area contributed by atoms with Crippen LogP contribution in [0, 0.1) is 0 Å². The molecule has 7 heteroatoms. The van der Waals surface area contributed by atoms with Gasteiger partial charge in [0.25, 0.3) is 0 Å². The quantitative estimate of drug-likeness (QED) is 0.538. The summed E-state index contributed by atoms with van der Waals surface area (Å²) in [6.07, 6.45) is -1.53. The Labute approximate surface area is 159 Å². The smallest absolute Gasteiger partial charge is 0.346 e. The van der Waals surface area contributed by atoms with Crippen molar-refractivity contribution >= 4 is 34.3 Å². The fraction of sp³-hybridized carbons (Fsp3) is 0.250. The van der Waals surface area contributed by atoms with Gasteiger partial charge in [0.05, 0.1) is 17.0 Å². The molecular formula is C20H19F3N2OS. The third-order valence-corrected chi connectivity index (χ3v) is 5.12. The van der Waals surface area contributed by atoms with E-state index in [9.17, 15) is 18.0 Å². The maximum Gasteiger partial charge on any atom is 0.418 e. The fourth-order valence-corrected chi connectivity index (χ4v) is 3.81. The summed E-state index contributed by atoms with van der Waals surface area (Å²) in [6, 6.07) is 12.9. The van der Waals surface area contributed by atoms with Gasteiger partial charge in [-0.2, -0.15) is 13.2 Å². The fourth-order valence-electron chi connectivity index (χ4n) is 2.92. The van der Waals surface area contributed by atoms with Crippen molar-refractivity contribution in [3.8, 4) is 0 Å². The summed E-state index contributed by atoms with van der Waals surface area (Å²) in [5.74, 6) is -0.434. The third kappa shape index (κ3) is 4.47. The number of halogens is 3. The van der Waals surface area contributed by atoms with E-state index < -0.39 is 17.6 Å². The number of alkyl halides is 3. The zero-order chi connectivity index (χ0) is 19.4. The van der Waals surface area contributed by atoms with Crippen molar-refractivity contribution in [3.63, 3.8) is 0 Å². The molecule has 1 amide bonds. The highest BCUT2D eigenvalue weighted by molar-refractivity contribution is 8.00. The van der Waals surface area contributed by atoms with Crippen molar-refractivity contribution in [2.45, 2.75) is 31.0 Å². The van der Waals surface area contributed by atoms with E-state index in [4.69, 9.17) is 0 Å². The molecule has 0 saturated heterocycles. The monoisotopic (exact) mass is 392 g/mol. The number of rotatable bonds is 6. The van der Waals surface area contributed by atoms with Crippen LogP contribution in [0.1, 0.15) is 18.9 Å². The molecule has 27 heavy (non-hydrogen) atoms. The SMILES string of the molecule is CCCn1cc(SCC(=O)Nc2ccccc2C(F)(F)F)c2ccccc21. The molecule has 3 nitrogen and oxygen atoms in total. The van der Waals surface area contributed by atoms with Crippen molar-refractivity contribution < 1.29 is 18.0 Å². The topological polar surface area (TPSA) is 34.0 Å². The van der Waals surface area contributed by atoms with E-state index in [0.717, 1.165) is 34.8 Å². The molecule has 1 heterocycles. The second-order valence-corrected chi connectivity index (χ2v) is 7.10. The van der Waals surface area contributed by atoms with Gasteiger partial charge in [-0.15, -0.1) is 11.8 Å². The van der Waals surface area contributed by atoms with Crippen LogP contribution >= 0.6 is 11.8 Å². The number of carbonyl (C=O) groups is 1. The van der Waals surface area contributed by atoms with Crippen LogP contribution in [0.4, 0.5) is 18.9 Å². The molecule has 0 aliphatic rings. The maximum absolute atomic E-state index is 13.0. The average molecular weight is 392 g/mol. The summed E-state index contributed by atoms with van der Waals surface area (Å²) in [4.78, 5) is 13.2. The van der Waals surface area contributed by atoms with Gasteiger partial charge in [-0.05, 0) is 24.6 Å². The number of benzene rings is 2. The molecule has 0 atom stereocenters. The van der Waals surface area contributed by atoms with Crippen LogP contribution < -0.4 is 5.32 Å². The van der Waals surface area contributed by atoms with Gasteiger partial charge in [-0.1, -0.05) is 37.3 Å². The van der Waals surface area contributed by atoms with E-state index in [1.165, 1.54) is 30.0 Å².